The topological polar surface area (TPSA) is 102 Å². The van der Waals surface area contributed by atoms with Crippen molar-refractivity contribution in [3.05, 3.63) is 70.9 Å². The number of carbonyl (C=O) groups excluding carboxylic acids is 2. The molecule has 1 heterocycles. The van der Waals surface area contributed by atoms with Crippen molar-refractivity contribution in [3.8, 4) is 0 Å². The van der Waals surface area contributed by atoms with E-state index in [1.54, 1.807) is 6.92 Å². The Morgan fingerprint density at radius 2 is 1.70 bits per heavy atom. The van der Waals surface area contributed by atoms with Gasteiger partial charge in [-0.05, 0) is 68.5 Å². The Kier molecular flexibility index (Phi) is 6.47. The van der Waals surface area contributed by atoms with Crippen molar-refractivity contribution in [3.63, 3.8) is 0 Å². The highest BCUT2D eigenvalue weighted by Crippen LogP contribution is 2.29. The molecule has 0 aliphatic heterocycles. The number of carbonyl (C=O) groups is 2. The maximum atomic E-state index is 13.3. The molecule has 0 fully saturated rings. The van der Waals surface area contributed by atoms with Crippen LogP contribution in [0.5, 0.6) is 0 Å². The van der Waals surface area contributed by atoms with E-state index in [2.05, 4.69) is 4.72 Å². The molecule has 7 nitrogen and oxygen atoms in total. The van der Waals surface area contributed by atoms with E-state index in [0.717, 1.165) is 60.5 Å². The van der Waals surface area contributed by atoms with E-state index in [-0.39, 0.29) is 5.78 Å². The van der Waals surface area contributed by atoms with Gasteiger partial charge in [-0.15, -0.1) is 0 Å². The minimum atomic E-state index is -3.41. The molecular formula is C25H26N2O5S. The summed E-state index contributed by atoms with van der Waals surface area (Å²) in [5.41, 5.74) is 3.79. The molecule has 1 aliphatic rings. The zero-order valence-corrected chi connectivity index (χ0v) is 19.4. The second kappa shape index (κ2) is 9.31. The van der Waals surface area contributed by atoms with Gasteiger partial charge in [0.2, 0.25) is 15.8 Å². The number of rotatable bonds is 6. The number of fused-ring (bicyclic) bond motifs is 2. The van der Waals surface area contributed by atoms with Gasteiger partial charge in [0.25, 0.3) is 0 Å². The summed E-state index contributed by atoms with van der Waals surface area (Å²) >= 11 is 0. The molecule has 1 atom stereocenters. The fraction of sp³-hybridized carbons (Fsp3) is 0.320. The Hall–Kier alpha value is -3.26. The molecule has 33 heavy (non-hydrogen) atoms. The molecule has 172 valence electrons. The summed E-state index contributed by atoms with van der Waals surface area (Å²) < 4.78 is 30.7. The molecule has 8 heteroatoms. The molecule has 1 aromatic heterocycles. The fourth-order valence-corrected chi connectivity index (χ4v) is 4.77. The van der Waals surface area contributed by atoms with Crippen LogP contribution in [0.2, 0.25) is 0 Å². The minimum Gasteiger partial charge on any atom is -0.451 e. The van der Waals surface area contributed by atoms with E-state index in [9.17, 15) is 18.0 Å². The smallest absolute Gasteiger partial charge is 0.339 e. The number of hydrogen-bond acceptors (Lipinski definition) is 6. The number of anilines is 1. The molecule has 0 saturated carbocycles. The summed E-state index contributed by atoms with van der Waals surface area (Å²) in [7, 11) is -3.41. The number of ether oxygens (including phenoxy) is 1. The number of hydrogen-bond donors (Lipinski definition) is 1. The van der Waals surface area contributed by atoms with Gasteiger partial charge >= 0.3 is 5.97 Å². The Morgan fingerprint density at radius 3 is 2.42 bits per heavy atom. The third-order valence-electron chi connectivity index (χ3n) is 5.75. The van der Waals surface area contributed by atoms with Crippen LogP contribution in [0, 0.1) is 0 Å². The molecule has 1 N–H and O–H groups in total. The predicted molar refractivity (Wildman–Crippen MR) is 127 cm³/mol. The second-order valence-electron chi connectivity index (χ2n) is 8.35. The van der Waals surface area contributed by atoms with E-state index in [1.807, 2.05) is 24.3 Å². The number of nitrogens with one attached hydrogen (secondary N) is 1. The lowest BCUT2D eigenvalue weighted by Gasteiger charge is -2.17. The van der Waals surface area contributed by atoms with Gasteiger partial charge < -0.3 is 4.74 Å². The summed E-state index contributed by atoms with van der Waals surface area (Å²) in [6.07, 6.45) is 4.73. The molecule has 3 aromatic rings. The lowest BCUT2D eigenvalue weighted by atomic mass is 9.97. The van der Waals surface area contributed by atoms with Crippen LogP contribution < -0.4 is 4.72 Å². The lowest BCUT2D eigenvalue weighted by molar-refractivity contribution is 0.0319. The SMILES string of the molecule is CC(OC(=O)c1c2c(nc3ccccc13)CCCCC2)C(=O)c1ccc(NS(C)(=O)=O)cc1. The van der Waals surface area contributed by atoms with Gasteiger partial charge in [-0.3, -0.25) is 14.5 Å². The van der Waals surface area contributed by atoms with Crippen LogP contribution in [-0.4, -0.2) is 37.5 Å². The zero-order valence-electron chi connectivity index (χ0n) is 18.6. The number of esters is 1. The van der Waals surface area contributed by atoms with Crippen LogP contribution in [-0.2, 0) is 27.6 Å². The Bertz CT molecular complexity index is 1320. The standard InChI is InChI=1S/C25H26N2O5S/c1-16(24(28)17-12-14-18(15-13-17)27-33(2,30)31)32-25(29)23-19-8-4-3-5-10-21(19)26-22-11-7-6-9-20(22)23/h6-7,9,11-16,27H,3-5,8,10H2,1-2H3. The molecule has 0 spiro atoms. The number of aromatic nitrogens is 1. The first-order valence-electron chi connectivity index (χ1n) is 11.0. The maximum absolute atomic E-state index is 13.3. The van der Waals surface area contributed by atoms with Crippen molar-refractivity contribution < 1.29 is 22.7 Å². The highest BCUT2D eigenvalue weighted by molar-refractivity contribution is 7.92. The zero-order chi connectivity index (χ0) is 23.6. The van der Waals surface area contributed by atoms with E-state index < -0.39 is 22.1 Å². The van der Waals surface area contributed by atoms with Gasteiger partial charge in [-0.25, -0.2) is 13.2 Å². The number of sulfonamides is 1. The van der Waals surface area contributed by atoms with Gasteiger partial charge in [-0.1, -0.05) is 24.6 Å². The summed E-state index contributed by atoms with van der Waals surface area (Å²) in [5.74, 6) is -0.887. The largest absolute Gasteiger partial charge is 0.451 e. The van der Waals surface area contributed by atoms with Crippen LogP contribution in [0.15, 0.2) is 48.5 Å². The average Bonchev–Trinajstić information content (AvgIpc) is 3.01. The third kappa shape index (κ3) is 5.22. The van der Waals surface area contributed by atoms with E-state index in [1.165, 1.54) is 24.3 Å². The predicted octanol–water partition coefficient (Wildman–Crippen LogP) is 4.30. The van der Waals surface area contributed by atoms with Crippen LogP contribution in [0.3, 0.4) is 0 Å². The van der Waals surface area contributed by atoms with Gasteiger partial charge in [0.05, 0.1) is 17.3 Å². The number of Topliss-reactive ketones (excluding diaryl/α,β-unsaturated/α-hetero) is 1. The van der Waals surface area contributed by atoms with Crippen molar-refractivity contribution >= 4 is 38.4 Å². The molecule has 0 saturated heterocycles. The molecule has 0 bridgehead atoms. The van der Waals surface area contributed by atoms with E-state index >= 15 is 0 Å². The summed E-state index contributed by atoms with van der Waals surface area (Å²) in [6, 6.07) is 13.5. The summed E-state index contributed by atoms with van der Waals surface area (Å²) in [6.45, 7) is 1.55. The first-order chi connectivity index (χ1) is 15.7. The number of aryl methyl sites for hydroxylation is 1. The second-order valence-corrected chi connectivity index (χ2v) is 10.1. The van der Waals surface area contributed by atoms with Crippen molar-refractivity contribution in [2.75, 3.05) is 11.0 Å². The molecule has 1 unspecified atom stereocenters. The van der Waals surface area contributed by atoms with Crippen molar-refractivity contribution in [2.24, 2.45) is 0 Å². The summed E-state index contributed by atoms with van der Waals surface area (Å²) in [4.78, 5) is 31.0. The Morgan fingerprint density at radius 1 is 1.00 bits per heavy atom. The molecule has 0 radical (unpaired) electrons. The molecular weight excluding hydrogens is 440 g/mol. The average molecular weight is 467 g/mol. The van der Waals surface area contributed by atoms with Gasteiger partial charge in [0, 0.05) is 22.3 Å². The number of nitrogens with zero attached hydrogens (tertiary/aromatic N) is 1. The monoisotopic (exact) mass is 466 g/mol. The number of benzene rings is 2. The Labute approximate surface area is 193 Å². The number of pyridine rings is 1. The van der Waals surface area contributed by atoms with Gasteiger partial charge in [0.1, 0.15) is 0 Å². The highest BCUT2D eigenvalue weighted by Gasteiger charge is 2.26. The van der Waals surface area contributed by atoms with E-state index in [4.69, 9.17) is 9.72 Å². The maximum Gasteiger partial charge on any atom is 0.339 e. The van der Waals surface area contributed by atoms with Crippen LogP contribution >= 0.6 is 0 Å². The van der Waals surface area contributed by atoms with Crippen molar-refractivity contribution in [1.29, 1.82) is 0 Å². The Balaban J connectivity index is 1.59. The number of ketones is 1. The normalized spacial score (nSPS) is 14.7. The molecule has 2 aromatic carbocycles. The van der Waals surface area contributed by atoms with Crippen molar-refractivity contribution in [1.82, 2.24) is 4.98 Å². The van der Waals surface area contributed by atoms with Crippen LogP contribution in [0.25, 0.3) is 10.9 Å². The summed E-state index contributed by atoms with van der Waals surface area (Å²) in [5, 5.41) is 0.735. The minimum absolute atomic E-state index is 0.327. The van der Waals surface area contributed by atoms with E-state index in [0.29, 0.717) is 16.8 Å². The van der Waals surface area contributed by atoms with Crippen LogP contribution in [0.1, 0.15) is 58.2 Å². The first kappa shape index (κ1) is 22.9. The third-order valence-corrected chi connectivity index (χ3v) is 6.36. The van der Waals surface area contributed by atoms with Gasteiger partial charge in [0.15, 0.2) is 6.10 Å². The lowest BCUT2D eigenvalue weighted by Crippen LogP contribution is -2.25. The van der Waals surface area contributed by atoms with Crippen LogP contribution in [0.4, 0.5) is 5.69 Å². The molecule has 4 rings (SSSR count). The molecule has 0 amide bonds. The van der Waals surface area contributed by atoms with Gasteiger partial charge in [-0.2, -0.15) is 0 Å². The highest BCUT2D eigenvalue weighted by atomic mass is 32.2. The number of para-hydroxylation sites is 1. The quantitative estimate of drug-likeness (QED) is 0.330. The van der Waals surface area contributed by atoms with Crippen molar-refractivity contribution in [2.45, 2.75) is 45.1 Å². The fourth-order valence-electron chi connectivity index (χ4n) is 4.21. The molecule has 1 aliphatic carbocycles. The first-order valence-corrected chi connectivity index (χ1v) is 12.9.